The van der Waals surface area contributed by atoms with Crippen LogP contribution in [0.15, 0.2) is 0 Å². The Kier molecular flexibility index (Phi) is 10.8. The molecule has 2 unspecified atom stereocenters. The molecule has 5 aliphatic rings. The minimum absolute atomic E-state index is 0.0540. The molecule has 5 N–H and O–H groups in total. The second kappa shape index (κ2) is 13.9. The maximum absolute atomic E-state index is 14.9. The number of carbonyl (C=O) groups is 5. The Hall–Kier alpha value is -2.73. The molecule has 0 bridgehead atoms. The number of Topliss-reactive ketones (excluding diaryl/α,β-unsaturated/α-hetero) is 1. The second-order valence-electron chi connectivity index (χ2n) is 19.5. The van der Waals surface area contributed by atoms with Crippen molar-refractivity contribution in [3.63, 3.8) is 0 Å². The monoisotopic (exact) mass is 715 g/mol. The normalized spacial score (nSPS) is 30.5. The van der Waals surface area contributed by atoms with Gasteiger partial charge in [0.05, 0.1) is 18.2 Å². The van der Waals surface area contributed by atoms with Crippen LogP contribution in [0.4, 0.5) is 4.79 Å². The zero-order valence-electron chi connectivity index (χ0n) is 32.9. The Morgan fingerprint density at radius 2 is 1.47 bits per heavy atom. The largest absolute Gasteiger partial charge is 0.373 e. The van der Waals surface area contributed by atoms with Gasteiger partial charge in [0.2, 0.25) is 17.6 Å². The van der Waals surface area contributed by atoms with Gasteiger partial charge in [0.25, 0.3) is 5.91 Å². The topological polar surface area (TPSA) is 163 Å². The number of nitrogens with one attached hydrogen (secondary N) is 3. The van der Waals surface area contributed by atoms with Crippen LogP contribution in [-0.4, -0.2) is 102 Å². The average Bonchev–Trinajstić information content (AvgIpc) is 3.18. The van der Waals surface area contributed by atoms with E-state index in [-0.39, 0.29) is 51.7 Å². The van der Waals surface area contributed by atoms with E-state index < -0.39 is 47.2 Å². The maximum atomic E-state index is 14.9. The predicted octanol–water partition coefficient (Wildman–Crippen LogP) is 3.75. The van der Waals surface area contributed by atoms with Gasteiger partial charge in [-0.25, -0.2) is 4.79 Å². The van der Waals surface area contributed by atoms with E-state index in [1.807, 2.05) is 20.8 Å². The molecule has 0 aromatic heterocycles. The van der Waals surface area contributed by atoms with Crippen molar-refractivity contribution >= 4 is 29.5 Å². The fourth-order valence-electron chi connectivity index (χ4n) is 10.2. The van der Waals surface area contributed by atoms with Crippen LogP contribution in [0.3, 0.4) is 0 Å². The van der Waals surface area contributed by atoms with Crippen LogP contribution in [0.1, 0.15) is 121 Å². The quantitative estimate of drug-likeness (QED) is 0.237. The molecule has 2 aliphatic heterocycles. The van der Waals surface area contributed by atoms with Crippen LogP contribution in [0.2, 0.25) is 0 Å². The summed E-state index contributed by atoms with van der Waals surface area (Å²) >= 11 is 0. The maximum Gasteiger partial charge on any atom is 0.315 e. The Labute approximate surface area is 305 Å². The SMILES string of the molecule is C[C@H]1CN(C[C@@H](NC(=O)N[C@H](C(=O)N2CC3(C[C@H]2C(=O)NC(CC2CCC2)C(=O)C(N)=O)C(C)(C)C32CCC2)C(C)(C)C)C(C)(C)C)C[C@H](C)O1. The Morgan fingerprint density at radius 1 is 0.863 bits per heavy atom. The molecule has 5 amide bonds. The zero-order valence-corrected chi connectivity index (χ0v) is 32.9. The van der Waals surface area contributed by atoms with E-state index in [0.29, 0.717) is 25.9 Å². The zero-order chi connectivity index (χ0) is 37.9. The van der Waals surface area contributed by atoms with Gasteiger partial charge in [-0.05, 0) is 67.1 Å². The van der Waals surface area contributed by atoms with E-state index in [2.05, 4.69) is 69.3 Å². The molecule has 0 aromatic carbocycles. The molecule has 2 heterocycles. The summed E-state index contributed by atoms with van der Waals surface area (Å²) in [5, 5.41) is 9.14. The summed E-state index contributed by atoms with van der Waals surface area (Å²) < 4.78 is 5.93. The summed E-state index contributed by atoms with van der Waals surface area (Å²) in [5.74, 6) is -2.38. The third kappa shape index (κ3) is 7.42. The molecule has 12 heteroatoms. The van der Waals surface area contributed by atoms with Crippen molar-refractivity contribution in [2.24, 2.45) is 38.7 Å². The molecule has 0 aromatic rings. The first-order chi connectivity index (χ1) is 23.5. The van der Waals surface area contributed by atoms with E-state index in [1.165, 1.54) is 0 Å². The number of rotatable bonds is 11. The summed E-state index contributed by atoms with van der Waals surface area (Å²) in [7, 11) is 0. The van der Waals surface area contributed by atoms with Gasteiger partial charge >= 0.3 is 6.03 Å². The van der Waals surface area contributed by atoms with Gasteiger partial charge in [0.1, 0.15) is 12.1 Å². The minimum atomic E-state index is -1.07. The summed E-state index contributed by atoms with van der Waals surface area (Å²) in [5.41, 5.74) is 4.22. The van der Waals surface area contributed by atoms with Gasteiger partial charge < -0.3 is 31.3 Å². The smallest absolute Gasteiger partial charge is 0.315 e. The van der Waals surface area contributed by atoms with Crippen LogP contribution >= 0.6 is 0 Å². The summed E-state index contributed by atoms with van der Waals surface area (Å²) in [6.07, 6.45) is 7.19. The second-order valence-corrected chi connectivity index (χ2v) is 19.5. The molecule has 51 heavy (non-hydrogen) atoms. The molecule has 0 radical (unpaired) electrons. The average molecular weight is 715 g/mol. The molecule has 7 atom stereocenters. The molecule has 3 saturated carbocycles. The first-order valence-corrected chi connectivity index (χ1v) is 19.4. The van der Waals surface area contributed by atoms with E-state index in [4.69, 9.17) is 10.5 Å². The van der Waals surface area contributed by atoms with Crippen LogP contribution in [0, 0.1) is 33.0 Å². The van der Waals surface area contributed by atoms with E-state index in [9.17, 15) is 24.0 Å². The van der Waals surface area contributed by atoms with Gasteiger partial charge in [0.15, 0.2) is 0 Å². The summed E-state index contributed by atoms with van der Waals surface area (Å²) in [6.45, 7) is 23.3. The number of fused-ring (bicyclic) bond motifs is 1. The highest BCUT2D eigenvalue weighted by Gasteiger charge is 2.85. The van der Waals surface area contributed by atoms with E-state index in [1.54, 1.807) is 4.90 Å². The lowest BCUT2D eigenvalue weighted by molar-refractivity contribution is -0.143. The van der Waals surface area contributed by atoms with Crippen LogP contribution in [0.5, 0.6) is 0 Å². The number of hydrogen-bond donors (Lipinski definition) is 4. The van der Waals surface area contributed by atoms with Gasteiger partial charge in [0, 0.05) is 37.6 Å². The number of likely N-dealkylation sites (tertiary alicyclic amines) is 1. The van der Waals surface area contributed by atoms with Gasteiger partial charge in [-0.1, -0.05) is 81.1 Å². The number of urea groups is 1. The van der Waals surface area contributed by atoms with Crippen LogP contribution < -0.4 is 21.7 Å². The molecular weight excluding hydrogens is 648 g/mol. The molecule has 288 valence electrons. The van der Waals surface area contributed by atoms with Crippen molar-refractivity contribution < 1.29 is 28.7 Å². The lowest BCUT2D eigenvalue weighted by Gasteiger charge is -2.41. The number of amides is 5. The summed E-state index contributed by atoms with van der Waals surface area (Å²) in [6, 6.07) is -3.43. The van der Waals surface area contributed by atoms with Crippen molar-refractivity contribution in [3.05, 3.63) is 0 Å². The van der Waals surface area contributed by atoms with Crippen molar-refractivity contribution in [1.82, 2.24) is 25.8 Å². The highest BCUT2D eigenvalue weighted by Crippen LogP contribution is 2.88. The highest BCUT2D eigenvalue weighted by molar-refractivity contribution is 6.37. The Balaban J connectivity index is 1.38. The highest BCUT2D eigenvalue weighted by atomic mass is 16.5. The van der Waals surface area contributed by atoms with E-state index in [0.717, 1.165) is 51.6 Å². The fourth-order valence-corrected chi connectivity index (χ4v) is 10.2. The molecule has 2 spiro atoms. The lowest BCUT2D eigenvalue weighted by atomic mass is 9.73. The van der Waals surface area contributed by atoms with Crippen LogP contribution in [-0.2, 0) is 23.9 Å². The Bertz CT molecular complexity index is 1370. The number of ether oxygens (including phenoxy) is 1. The number of carbonyl (C=O) groups excluding carboxylic acids is 5. The first-order valence-electron chi connectivity index (χ1n) is 19.4. The molecule has 5 rings (SSSR count). The molecule has 2 saturated heterocycles. The van der Waals surface area contributed by atoms with Gasteiger partial charge in [-0.3, -0.25) is 24.1 Å². The minimum Gasteiger partial charge on any atom is -0.373 e. The molecule has 3 aliphatic carbocycles. The predicted molar refractivity (Wildman–Crippen MR) is 195 cm³/mol. The number of primary amides is 1. The fraction of sp³-hybridized carbons (Fsp3) is 0.872. The lowest BCUT2D eigenvalue weighted by Crippen LogP contribution is -2.62. The number of hydrogen-bond acceptors (Lipinski definition) is 7. The van der Waals surface area contributed by atoms with Crippen molar-refractivity contribution in [3.8, 4) is 0 Å². The number of nitrogens with two attached hydrogens (primary N) is 1. The van der Waals surface area contributed by atoms with Crippen molar-refractivity contribution in [2.45, 2.75) is 157 Å². The number of ketones is 1. The van der Waals surface area contributed by atoms with Crippen molar-refractivity contribution in [1.29, 1.82) is 0 Å². The van der Waals surface area contributed by atoms with Crippen LogP contribution in [0.25, 0.3) is 0 Å². The molecular formula is C39H66N6O6. The molecule has 12 nitrogen and oxygen atoms in total. The third-order valence-corrected chi connectivity index (χ3v) is 13.7. The first kappa shape index (κ1) is 39.5. The third-order valence-electron chi connectivity index (χ3n) is 13.7. The standard InChI is InChI=1S/C39H66N6O6/c1-23-19-44(20-24(2)51-23)21-28(35(3,4)5)42-34(50)43-30(36(6,7)8)33(49)45-22-39(37(9,10)38(39)15-12-16-38)18-27(45)32(48)41-26(29(46)31(40)47)17-25-13-11-14-25/h23-28,30H,11-22H2,1-10H3,(H2,40,47)(H,41,48)(H2,42,43,50)/t23-,24-,26?,27-,28+,30+,39?/m0/s1. The summed E-state index contributed by atoms with van der Waals surface area (Å²) in [4.78, 5) is 72.0. The Morgan fingerprint density at radius 3 is 1.92 bits per heavy atom. The van der Waals surface area contributed by atoms with Crippen molar-refractivity contribution in [2.75, 3.05) is 26.2 Å². The number of nitrogens with zero attached hydrogens (tertiary/aromatic N) is 2. The van der Waals surface area contributed by atoms with Gasteiger partial charge in [-0.2, -0.15) is 0 Å². The number of morpholine rings is 1. The molecule has 5 fully saturated rings. The van der Waals surface area contributed by atoms with E-state index >= 15 is 0 Å². The van der Waals surface area contributed by atoms with Gasteiger partial charge in [-0.15, -0.1) is 0 Å².